The van der Waals surface area contributed by atoms with E-state index in [9.17, 15) is 5.11 Å². The Hall–Kier alpha value is -0.340. The van der Waals surface area contributed by atoms with Crippen molar-refractivity contribution >= 4 is 11.3 Å². The lowest BCUT2D eigenvalue weighted by atomic mass is 9.77. The van der Waals surface area contributed by atoms with Gasteiger partial charge in [-0.05, 0) is 53.5 Å². The van der Waals surface area contributed by atoms with Crippen molar-refractivity contribution in [2.24, 2.45) is 11.8 Å². The molecule has 1 fully saturated rings. The third-order valence-electron chi connectivity index (χ3n) is 4.43. The molecule has 0 radical (unpaired) electrons. The van der Waals surface area contributed by atoms with Crippen molar-refractivity contribution < 1.29 is 5.11 Å². The predicted molar refractivity (Wildman–Crippen MR) is 79.0 cm³/mol. The first kappa shape index (κ1) is 14.1. The molecular weight excluding hydrogens is 240 g/mol. The molecule has 1 aromatic rings. The summed E-state index contributed by atoms with van der Waals surface area (Å²) in [7, 11) is 0. The van der Waals surface area contributed by atoms with Gasteiger partial charge in [0, 0.05) is 0 Å². The van der Waals surface area contributed by atoms with E-state index in [0.29, 0.717) is 5.92 Å². The number of hydrogen-bond acceptors (Lipinski definition) is 2. The van der Waals surface area contributed by atoms with Crippen LogP contribution in [-0.2, 0) is 6.42 Å². The smallest absolute Gasteiger partial charge is 0.0609 e. The van der Waals surface area contributed by atoms with Crippen LogP contribution in [-0.4, -0.2) is 11.2 Å². The molecule has 2 heteroatoms. The van der Waals surface area contributed by atoms with E-state index in [1.54, 1.807) is 11.3 Å². The topological polar surface area (TPSA) is 20.2 Å². The van der Waals surface area contributed by atoms with Gasteiger partial charge in [-0.2, -0.15) is 11.3 Å². The highest BCUT2D eigenvalue weighted by Crippen LogP contribution is 2.34. The second kappa shape index (κ2) is 7.30. The van der Waals surface area contributed by atoms with E-state index in [1.165, 1.54) is 50.5 Å². The van der Waals surface area contributed by atoms with Crippen LogP contribution in [0.5, 0.6) is 0 Å². The molecule has 0 amide bonds. The molecule has 0 aliphatic heterocycles. The molecule has 2 rings (SSSR count). The van der Waals surface area contributed by atoms with E-state index in [1.807, 2.05) is 0 Å². The van der Waals surface area contributed by atoms with Crippen LogP contribution in [0.3, 0.4) is 0 Å². The van der Waals surface area contributed by atoms with Gasteiger partial charge in [0.05, 0.1) is 6.10 Å². The standard InChI is InChI=1S/C16H26OS/c1-2-3-4-13-5-7-15(8-6-13)16(17)11-14-9-10-18-12-14/h9-10,12-13,15-17H,2-8,11H2,1H3. The zero-order valence-electron chi connectivity index (χ0n) is 11.5. The molecule has 1 saturated carbocycles. The molecule has 1 nitrogen and oxygen atoms in total. The molecule has 1 atom stereocenters. The predicted octanol–water partition coefficient (Wildman–Crippen LogP) is 4.65. The second-order valence-corrected chi connectivity index (χ2v) is 6.61. The van der Waals surface area contributed by atoms with Gasteiger partial charge in [-0.1, -0.05) is 39.0 Å². The minimum Gasteiger partial charge on any atom is -0.392 e. The van der Waals surface area contributed by atoms with Crippen molar-refractivity contribution in [2.45, 2.75) is 64.4 Å². The summed E-state index contributed by atoms with van der Waals surface area (Å²) >= 11 is 1.73. The molecule has 1 aromatic heterocycles. The van der Waals surface area contributed by atoms with Crippen LogP contribution in [0.2, 0.25) is 0 Å². The summed E-state index contributed by atoms with van der Waals surface area (Å²) in [6.07, 6.45) is 9.99. The molecule has 0 bridgehead atoms. The van der Waals surface area contributed by atoms with Gasteiger partial charge >= 0.3 is 0 Å². The van der Waals surface area contributed by atoms with E-state index in [0.717, 1.165) is 12.3 Å². The maximum Gasteiger partial charge on any atom is 0.0609 e. The Labute approximate surface area is 115 Å². The fraction of sp³-hybridized carbons (Fsp3) is 0.750. The Kier molecular flexibility index (Phi) is 5.71. The summed E-state index contributed by atoms with van der Waals surface area (Å²) in [5.74, 6) is 1.48. The monoisotopic (exact) mass is 266 g/mol. The van der Waals surface area contributed by atoms with Gasteiger partial charge in [0.15, 0.2) is 0 Å². The zero-order chi connectivity index (χ0) is 12.8. The van der Waals surface area contributed by atoms with Gasteiger partial charge in [-0.3, -0.25) is 0 Å². The van der Waals surface area contributed by atoms with Crippen LogP contribution < -0.4 is 0 Å². The molecule has 1 aliphatic carbocycles. The van der Waals surface area contributed by atoms with Crippen molar-refractivity contribution in [3.8, 4) is 0 Å². The molecule has 0 spiro atoms. The SMILES string of the molecule is CCCCC1CCC(C(O)Cc2ccsc2)CC1. The van der Waals surface area contributed by atoms with Gasteiger partial charge in [-0.25, -0.2) is 0 Å². The summed E-state index contributed by atoms with van der Waals surface area (Å²) < 4.78 is 0. The summed E-state index contributed by atoms with van der Waals surface area (Å²) in [4.78, 5) is 0. The van der Waals surface area contributed by atoms with Crippen LogP contribution >= 0.6 is 11.3 Å². The number of aliphatic hydroxyl groups excluding tert-OH is 1. The first-order valence-corrected chi connectivity index (χ1v) is 8.43. The Balaban J connectivity index is 1.72. The van der Waals surface area contributed by atoms with E-state index < -0.39 is 0 Å². The van der Waals surface area contributed by atoms with E-state index in [-0.39, 0.29) is 6.10 Å². The van der Waals surface area contributed by atoms with Crippen molar-refractivity contribution in [1.29, 1.82) is 0 Å². The third-order valence-corrected chi connectivity index (χ3v) is 5.16. The lowest BCUT2D eigenvalue weighted by Gasteiger charge is -2.31. The van der Waals surface area contributed by atoms with Crippen molar-refractivity contribution in [3.63, 3.8) is 0 Å². The average molecular weight is 266 g/mol. The van der Waals surface area contributed by atoms with Crippen LogP contribution in [0, 0.1) is 11.8 Å². The lowest BCUT2D eigenvalue weighted by molar-refractivity contribution is 0.0727. The average Bonchev–Trinajstić information content (AvgIpc) is 2.89. The Morgan fingerprint density at radius 1 is 1.33 bits per heavy atom. The fourth-order valence-electron chi connectivity index (χ4n) is 3.17. The first-order valence-electron chi connectivity index (χ1n) is 7.48. The Bertz CT molecular complexity index is 312. The van der Waals surface area contributed by atoms with E-state index in [2.05, 4.69) is 23.8 Å². The molecule has 1 aliphatic rings. The molecule has 0 aromatic carbocycles. The highest BCUT2D eigenvalue weighted by atomic mass is 32.1. The molecule has 18 heavy (non-hydrogen) atoms. The molecule has 102 valence electrons. The molecular formula is C16H26OS. The Morgan fingerprint density at radius 3 is 2.72 bits per heavy atom. The van der Waals surface area contributed by atoms with Crippen LogP contribution in [0.4, 0.5) is 0 Å². The van der Waals surface area contributed by atoms with Crippen molar-refractivity contribution in [1.82, 2.24) is 0 Å². The molecule has 1 heterocycles. The fourth-order valence-corrected chi connectivity index (χ4v) is 3.85. The quantitative estimate of drug-likeness (QED) is 0.794. The van der Waals surface area contributed by atoms with Crippen molar-refractivity contribution in [3.05, 3.63) is 22.4 Å². The second-order valence-electron chi connectivity index (χ2n) is 5.83. The molecule has 1 unspecified atom stereocenters. The number of unbranched alkanes of at least 4 members (excludes halogenated alkanes) is 1. The highest BCUT2D eigenvalue weighted by molar-refractivity contribution is 7.07. The lowest BCUT2D eigenvalue weighted by Crippen LogP contribution is -2.27. The van der Waals surface area contributed by atoms with Crippen LogP contribution in [0.15, 0.2) is 16.8 Å². The van der Waals surface area contributed by atoms with Gasteiger partial charge in [0.1, 0.15) is 0 Å². The van der Waals surface area contributed by atoms with Crippen LogP contribution in [0.25, 0.3) is 0 Å². The van der Waals surface area contributed by atoms with Gasteiger partial charge in [0.25, 0.3) is 0 Å². The van der Waals surface area contributed by atoms with Crippen LogP contribution in [0.1, 0.15) is 57.4 Å². The molecule has 0 saturated heterocycles. The van der Waals surface area contributed by atoms with Gasteiger partial charge in [-0.15, -0.1) is 0 Å². The first-order chi connectivity index (χ1) is 8.79. The number of hydrogen-bond donors (Lipinski definition) is 1. The number of thiophene rings is 1. The largest absolute Gasteiger partial charge is 0.392 e. The number of rotatable bonds is 6. The van der Waals surface area contributed by atoms with E-state index >= 15 is 0 Å². The van der Waals surface area contributed by atoms with Gasteiger partial charge in [0.2, 0.25) is 0 Å². The maximum atomic E-state index is 10.3. The minimum atomic E-state index is -0.119. The third kappa shape index (κ3) is 4.10. The van der Waals surface area contributed by atoms with E-state index in [4.69, 9.17) is 0 Å². The normalized spacial score (nSPS) is 26.1. The zero-order valence-corrected chi connectivity index (χ0v) is 12.3. The Morgan fingerprint density at radius 2 is 2.11 bits per heavy atom. The minimum absolute atomic E-state index is 0.119. The summed E-state index contributed by atoms with van der Waals surface area (Å²) in [6.45, 7) is 2.27. The summed E-state index contributed by atoms with van der Waals surface area (Å²) in [5.41, 5.74) is 1.31. The summed E-state index contributed by atoms with van der Waals surface area (Å²) in [5, 5.41) is 14.6. The number of aliphatic hydroxyl groups is 1. The highest BCUT2D eigenvalue weighted by Gasteiger charge is 2.26. The van der Waals surface area contributed by atoms with Crippen molar-refractivity contribution in [2.75, 3.05) is 0 Å². The maximum absolute atomic E-state index is 10.3. The molecule has 1 N–H and O–H groups in total. The van der Waals surface area contributed by atoms with Gasteiger partial charge < -0.3 is 5.11 Å². The summed E-state index contributed by atoms with van der Waals surface area (Å²) in [6, 6.07) is 2.14.